The number of aliphatic hydroxyl groups excluding tert-OH is 2. The molecule has 2 N–H and O–H groups in total. The minimum Gasteiger partial charge on any atom is -0.395 e. The van der Waals surface area contributed by atoms with E-state index >= 15 is 0 Å². The van der Waals surface area contributed by atoms with Gasteiger partial charge in [0.15, 0.2) is 0 Å². The average Bonchev–Trinajstić information content (AvgIpc) is 3.22. The molecule has 57 heavy (non-hydrogen) atoms. The van der Waals surface area contributed by atoms with Gasteiger partial charge in [-0.1, -0.05) is 309 Å². The Balaban J connectivity index is 3.09. The minimum atomic E-state index is 0.194. The molecule has 0 aliphatic carbocycles. The Morgan fingerprint density at radius 1 is 0.193 bits per heavy atom. The summed E-state index contributed by atoms with van der Waals surface area (Å²) in [5.74, 6) is 0. The fourth-order valence-corrected chi connectivity index (χ4v) is 9.16. The Labute approximate surface area is 361 Å². The lowest BCUT2D eigenvalue weighted by atomic mass is 10.0. The smallest absolute Gasteiger partial charge is 0.0558 e. The van der Waals surface area contributed by atoms with Gasteiger partial charge in [0.2, 0.25) is 0 Å². The first kappa shape index (κ1) is 56.9. The summed E-state index contributed by atoms with van der Waals surface area (Å²) in [4.78, 5) is 2.17. The summed E-state index contributed by atoms with van der Waals surface area (Å²) in [5, 5.41) is 18.2. The zero-order valence-electron chi connectivity index (χ0n) is 39.8. The van der Waals surface area contributed by atoms with E-state index in [-0.39, 0.29) is 13.2 Å². The fraction of sp³-hybridized carbons (Fsp3) is 1.00. The van der Waals surface area contributed by atoms with Crippen LogP contribution in [-0.4, -0.2) is 48.0 Å². The van der Waals surface area contributed by atoms with Gasteiger partial charge in [0.05, 0.1) is 13.2 Å². The molecule has 344 valence electrons. The lowest BCUT2D eigenvalue weighted by molar-refractivity contribution is 0.159. The van der Waals surface area contributed by atoms with E-state index in [1.807, 2.05) is 0 Å². The fourth-order valence-electron chi connectivity index (χ4n) is 9.16. The van der Waals surface area contributed by atoms with Gasteiger partial charge in [0.25, 0.3) is 0 Å². The van der Waals surface area contributed by atoms with Crippen molar-refractivity contribution in [2.75, 3.05) is 32.8 Å². The average molecular weight is 806 g/mol. The summed E-state index contributed by atoms with van der Waals surface area (Å²) in [5.41, 5.74) is 0. The van der Waals surface area contributed by atoms with Crippen molar-refractivity contribution in [2.24, 2.45) is 0 Å². The summed E-state index contributed by atoms with van der Waals surface area (Å²) < 4.78 is 0. The van der Waals surface area contributed by atoms with Crippen molar-refractivity contribution in [3.05, 3.63) is 0 Å². The molecule has 0 aliphatic heterocycles. The highest BCUT2D eigenvalue weighted by atomic mass is 16.3. The predicted octanol–water partition coefficient (Wildman–Crippen LogP) is 18.0. The third-order valence-corrected chi connectivity index (χ3v) is 13.2. The first-order valence-electron chi connectivity index (χ1n) is 27.3. The van der Waals surface area contributed by atoms with Gasteiger partial charge in [-0.25, -0.2) is 0 Å². The summed E-state index contributed by atoms with van der Waals surface area (Å²) in [6.45, 7) is 5.10. The molecule has 0 aliphatic rings. The van der Waals surface area contributed by atoms with E-state index in [1.54, 1.807) is 0 Å². The highest BCUT2D eigenvalue weighted by Crippen LogP contribution is 2.18. The van der Waals surface area contributed by atoms with Crippen LogP contribution in [0.1, 0.15) is 315 Å². The molecule has 0 atom stereocenters. The van der Waals surface area contributed by atoms with E-state index in [4.69, 9.17) is 10.2 Å². The van der Waals surface area contributed by atoms with Gasteiger partial charge in [0.1, 0.15) is 0 Å². The van der Waals surface area contributed by atoms with Crippen molar-refractivity contribution in [1.29, 1.82) is 0 Å². The molecule has 0 heterocycles. The number of nitrogens with zero attached hydrogens (tertiary/aromatic N) is 1. The van der Waals surface area contributed by atoms with Crippen LogP contribution >= 0.6 is 0 Å². The summed E-state index contributed by atoms with van der Waals surface area (Å²) in [6.07, 6.45) is 70.0. The van der Waals surface area contributed by atoms with Crippen molar-refractivity contribution in [3.63, 3.8) is 0 Å². The van der Waals surface area contributed by atoms with Crippen molar-refractivity contribution >= 4 is 0 Å². The molecule has 0 rings (SSSR count). The Kier molecular flexibility index (Phi) is 53.8. The Morgan fingerprint density at radius 2 is 0.333 bits per heavy atom. The zero-order chi connectivity index (χ0) is 41.1. The predicted molar refractivity (Wildman–Crippen MR) is 258 cm³/mol. The molecule has 0 radical (unpaired) electrons. The van der Waals surface area contributed by atoms with Crippen LogP contribution in [0.5, 0.6) is 0 Å². The molecule has 0 saturated heterocycles. The van der Waals surface area contributed by atoms with Gasteiger partial charge >= 0.3 is 0 Å². The van der Waals surface area contributed by atoms with Gasteiger partial charge < -0.3 is 10.2 Å². The zero-order valence-corrected chi connectivity index (χ0v) is 39.8. The summed E-state index contributed by atoms with van der Waals surface area (Å²) in [7, 11) is 0. The molecule has 0 saturated carbocycles. The first-order chi connectivity index (χ1) is 28.3. The Bertz CT molecular complexity index is 664. The van der Waals surface area contributed by atoms with Crippen LogP contribution in [0.15, 0.2) is 0 Å². The van der Waals surface area contributed by atoms with Gasteiger partial charge in [-0.2, -0.15) is 0 Å². The molecule has 0 bridgehead atoms. The molecule has 0 fully saturated rings. The second kappa shape index (κ2) is 53.9. The van der Waals surface area contributed by atoms with Gasteiger partial charge in [0, 0.05) is 13.1 Å². The second-order valence-electron chi connectivity index (χ2n) is 18.9. The molecule has 0 spiro atoms. The SMILES string of the molecule is CCCCCCCCCCCCCCCCCCCCCCCCCCCCCCCCCCCCCCCCCCCCCCCCCCN(CCO)CCO. The highest BCUT2D eigenvalue weighted by Gasteiger charge is 2.03. The van der Waals surface area contributed by atoms with E-state index in [2.05, 4.69) is 11.8 Å². The maximum absolute atomic E-state index is 9.09. The van der Waals surface area contributed by atoms with Crippen LogP contribution in [0.4, 0.5) is 0 Å². The summed E-state index contributed by atoms with van der Waals surface area (Å²) >= 11 is 0. The Hall–Kier alpha value is -0.120. The maximum atomic E-state index is 9.09. The highest BCUT2D eigenvalue weighted by molar-refractivity contribution is 4.58. The van der Waals surface area contributed by atoms with E-state index in [9.17, 15) is 0 Å². The van der Waals surface area contributed by atoms with E-state index in [0.717, 1.165) is 6.54 Å². The number of hydrogen-bond acceptors (Lipinski definition) is 3. The molecule has 3 nitrogen and oxygen atoms in total. The van der Waals surface area contributed by atoms with Crippen molar-refractivity contribution in [2.45, 2.75) is 315 Å². The van der Waals surface area contributed by atoms with Crippen molar-refractivity contribution < 1.29 is 10.2 Å². The monoisotopic (exact) mass is 806 g/mol. The second-order valence-corrected chi connectivity index (χ2v) is 18.9. The van der Waals surface area contributed by atoms with Gasteiger partial charge in [-0.15, -0.1) is 0 Å². The lowest BCUT2D eigenvalue weighted by Crippen LogP contribution is -2.30. The van der Waals surface area contributed by atoms with Crippen LogP contribution in [0, 0.1) is 0 Å². The third-order valence-electron chi connectivity index (χ3n) is 13.2. The maximum Gasteiger partial charge on any atom is 0.0558 e. The van der Waals surface area contributed by atoms with Crippen molar-refractivity contribution in [3.8, 4) is 0 Å². The number of hydrogen-bond donors (Lipinski definition) is 2. The molecular weight excluding hydrogens is 695 g/mol. The Morgan fingerprint density at radius 3 is 0.474 bits per heavy atom. The molecule has 0 amide bonds. The quantitative estimate of drug-likeness (QED) is 0.0602. The number of aliphatic hydroxyl groups is 2. The van der Waals surface area contributed by atoms with Gasteiger partial charge in [-0.05, 0) is 13.0 Å². The van der Waals surface area contributed by atoms with Crippen molar-refractivity contribution in [1.82, 2.24) is 4.90 Å². The summed E-state index contributed by atoms with van der Waals surface area (Å²) in [6, 6.07) is 0. The van der Waals surface area contributed by atoms with E-state index in [1.165, 1.54) is 308 Å². The first-order valence-corrected chi connectivity index (χ1v) is 27.3. The lowest BCUT2D eigenvalue weighted by Gasteiger charge is -2.19. The topological polar surface area (TPSA) is 43.7 Å². The van der Waals surface area contributed by atoms with Crippen LogP contribution in [0.25, 0.3) is 0 Å². The van der Waals surface area contributed by atoms with Gasteiger partial charge in [-0.3, -0.25) is 4.90 Å². The number of rotatable bonds is 53. The normalized spacial score (nSPS) is 11.8. The molecule has 0 aromatic rings. The number of unbranched alkanes of at least 4 members (excludes halogenated alkanes) is 47. The standard InChI is InChI=1S/C54H111NO2/c1-2-3-4-5-6-7-8-9-10-11-12-13-14-15-16-17-18-19-20-21-22-23-24-25-26-27-28-29-30-31-32-33-34-35-36-37-38-39-40-41-42-43-44-45-46-47-48-49-50-55(51-53-56)52-54-57/h56-57H,2-54H2,1H3. The third kappa shape index (κ3) is 52.0. The van der Waals surface area contributed by atoms with E-state index in [0.29, 0.717) is 13.1 Å². The van der Waals surface area contributed by atoms with Crippen LogP contribution in [0.2, 0.25) is 0 Å². The molecule has 0 aromatic carbocycles. The van der Waals surface area contributed by atoms with Crippen LogP contribution in [-0.2, 0) is 0 Å². The van der Waals surface area contributed by atoms with Crippen LogP contribution in [0.3, 0.4) is 0 Å². The minimum absolute atomic E-state index is 0.194. The molecular formula is C54H111NO2. The molecule has 3 heteroatoms. The van der Waals surface area contributed by atoms with Crippen LogP contribution < -0.4 is 0 Å². The molecule has 0 unspecified atom stereocenters. The largest absolute Gasteiger partial charge is 0.395 e. The molecule has 0 aromatic heterocycles. The van der Waals surface area contributed by atoms with E-state index < -0.39 is 0 Å².